The second-order valence-corrected chi connectivity index (χ2v) is 19.2. The number of ether oxygens (including phenoxy) is 2. The molecule has 0 fully saturated rings. The van der Waals surface area contributed by atoms with Crippen molar-refractivity contribution in [1.29, 1.82) is 0 Å². The van der Waals surface area contributed by atoms with E-state index in [4.69, 9.17) is 18.5 Å². The molecular weight excluding hydrogens is 822 g/mol. The Morgan fingerprint density at radius 2 is 0.891 bits per heavy atom. The molecule has 0 aliphatic rings. The van der Waals surface area contributed by atoms with Gasteiger partial charge in [0, 0.05) is 12.8 Å². The number of carbonyl (C=O) groups is 2. The zero-order valence-electron chi connectivity index (χ0n) is 41.4. The number of rotatable bonds is 45. The Hall–Kier alpha value is -2.81. The van der Waals surface area contributed by atoms with E-state index in [1.807, 2.05) is 21.1 Å². The highest BCUT2D eigenvalue weighted by Gasteiger charge is 2.21. The Morgan fingerprint density at radius 1 is 0.500 bits per heavy atom. The van der Waals surface area contributed by atoms with Crippen LogP contribution < -0.4 is 4.89 Å². The normalized spacial score (nSPS) is 14.2. The molecule has 0 aliphatic carbocycles. The van der Waals surface area contributed by atoms with E-state index in [1.165, 1.54) is 64.2 Å². The lowest BCUT2D eigenvalue weighted by atomic mass is 10.1. The molecule has 0 bridgehead atoms. The minimum Gasteiger partial charge on any atom is -0.756 e. The predicted molar refractivity (Wildman–Crippen MR) is 268 cm³/mol. The fourth-order valence-electron chi connectivity index (χ4n) is 6.48. The molecule has 0 aromatic rings. The van der Waals surface area contributed by atoms with Gasteiger partial charge >= 0.3 is 11.9 Å². The number of likely N-dealkylation sites (N-methyl/N-ethyl adjacent to an activating group) is 1. The first kappa shape index (κ1) is 61.2. The molecule has 0 radical (unpaired) electrons. The number of phosphoric ester groups is 1. The fourth-order valence-corrected chi connectivity index (χ4v) is 7.20. The first-order valence-electron chi connectivity index (χ1n) is 25.3. The molecular formula is C54H94NO8P. The topological polar surface area (TPSA) is 111 Å². The first-order chi connectivity index (χ1) is 31.0. The number of unbranched alkanes of at least 4 members (excludes halogenated alkanes) is 17. The van der Waals surface area contributed by atoms with E-state index in [0.717, 1.165) is 96.3 Å². The molecule has 9 nitrogen and oxygen atoms in total. The van der Waals surface area contributed by atoms with Gasteiger partial charge in [0.15, 0.2) is 6.10 Å². The summed E-state index contributed by atoms with van der Waals surface area (Å²) >= 11 is 0. The number of esters is 2. The van der Waals surface area contributed by atoms with Gasteiger partial charge in [-0.25, -0.2) is 0 Å². The predicted octanol–water partition coefficient (Wildman–Crippen LogP) is 14.5. The molecule has 0 N–H and O–H groups in total. The highest BCUT2D eigenvalue weighted by Crippen LogP contribution is 2.38. The molecule has 0 saturated carbocycles. The summed E-state index contributed by atoms with van der Waals surface area (Å²) < 4.78 is 34.0. The molecule has 368 valence electrons. The van der Waals surface area contributed by atoms with Crippen molar-refractivity contribution < 1.29 is 42.1 Å². The van der Waals surface area contributed by atoms with Crippen molar-refractivity contribution in [2.75, 3.05) is 47.5 Å². The molecule has 0 aromatic carbocycles. The maximum atomic E-state index is 12.7. The number of allylic oxidation sites excluding steroid dienone is 14. The minimum atomic E-state index is -4.64. The minimum absolute atomic E-state index is 0.0412. The molecule has 0 amide bonds. The van der Waals surface area contributed by atoms with Crippen LogP contribution in [0.25, 0.3) is 0 Å². The summed E-state index contributed by atoms with van der Waals surface area (Å²) in [5, 5.41) is 0. The molecule has 2 atom stereocenters. The van der Waals surface area contributed by atoms with Gasteiger partial charge in [-0.15, -0.1) is 0 Å². The average molecular weight is 916 g/mol. The highest BCUT2D eigenvalue weighted by molar-refractivity contribution is 7.45. The molecule has 0 aliphatic heterocycles. The monoisotopic (exact) mass is 916 g/mol. The van der Waals surface area contributed by atoms with Crippen LogP contribution in [0.3, 0.4) is 0 Å². The van der Waals surface area contributed by atoms with Crippen LogP contribution in [-0.2, 0) is 32.7 Å². The zero-order chi connectivity index (χ0) is 47.1. The van der Waals surface area contributed by atoms with E-state index in [2.05, 4.69) is 98.9 Å². The summed E-state index contributed by atoms with van der Waals surface area (Å²) in [5.41, 5.74) is 0. The van der Waals surface area contributed by atoms with Crippen molar-refractivity contribution in [3.8, 4) is 0 Å². The van der Waals surface area contributed by atoms with E-state index in [1.54, 1.807) is 0 Å². The second-order valence-electron chi connectivity index (χ2n) is 17.8. The van der Waals surface area contributed by atoms with Crippen LogP contribution >= 0.6 is 7.82 Å². The third-order valence-electron chi connectivity index (χ3n) is 10.4. The van der Waals surface area contributed by atoms with Gasteiger partial charge in [-0.2, -0.15) is 0 Å². The highest BCUT2D eigenvalue weighted by atomic mass is 31.2. The SMILES string of the molecule is CC/C=C\C/C=C\C/C=C\C/C=C\C/C=C\C/C=C\CCCCCCC(=O)OC(COC(=O)CCCCCCCCC/C=C\CCCCCCCC)COP(=O)([O-])OCC[N+](C)(C)C. The van der Waals surface area contributed by atoms with Crippen LogP contribution in [0.2, 0.25) is 0 Å². The van der Waals surface area contributed by atoms with Crippen LogP contribution in [0.1, 0.15) is 194 Å². The van der Waals surface area contributed by atoms with Gasteiger partial charge in [0.25, 0.3) is 7.82 Å². The van der Waals surface area contributed by atoms with Gasteiger partial charge < -0.3 is 27.9 Å². The zero-order valence-corrected chi connectivity index (χ0v) is 42.3. The Morgan fingerprint density at radius 3 is 1.34 bits per heavy atom. The van der Waals surface area contributed by atoms with Gasteiger partial charge in [-0.05, 0) is 89.9 Å². The van der Waals surface area contributed by atoms with Crippen molar-refractivity contribution in [3.05, 3.63) is 85.1 Å². The van der Waals surface area contributed by atoms with Crippen molar-refractivity contribution in [3.63, 3.8) is 0 Å². The molecule has 2 unspecified atom stereocenters. The second kappa shape index (κ2) is 45.4. The Labute approximate surface area is 392 Å². The van der Waals surface area contributed by atoms with Crippen molar-refractivity contribution >= 4 is 19.8 Å². The van der Waals surface area contributed by atoms with E-state index >= 15 is 0 Å². The van der Waals surface area contributed by atoms with Gasteiger partial charge in [-0.1, -0.05) is 176 Å². The summed E-state index contributed by atoms with van der Waals surface area (Å²) in [5.74, 6) is -0.873. The summed E-state index contributed by atoms with van der Waals surface area (Å²) in [4.78, 5) is 37.7. The van der Waals surface area contributed by atoms with Crippen LogP contribution in [0, 0.1) is 0 Å². The van der Waals surface area contributed by atoms with Gasteiger partial charge in [0.1, 0.15) is 19.8 Å². The summed E-state index contributed by atoms with van der Waals surface area (Å²) in [6.07, 6.45) is 58.9. The summed E-state index contributed by atoms with van der Waals surface area (Å²) in [6, 6.07) is 0. The lowest BCUT2D eigenvalue weighted by molar-refractivity contribution is -0.870. The first-order valence-corrected chi connectivity index (χ1v) is 26.8. The largest absolute Gasteiger partial charge is 0.756 e. The van der Waals surface area contributed by atoms with E-state index in [-0.39, 0.29) is 26.1 Å². The number of nitrogens with zero attached hydrogens (tertiary/aromatic N) is 1. The third kappa shape index (κ3) is 48.6. The Kier molecular flexibility index (Phi) is 43.4. The van der Waals surface area contributed by atoms with E-state index in [9.17, 15) is 19.0 Å². The van der Waals surface area contributed by atoms with Crippen molar-refractivity contribution in [1.82, 2.24) is 0 Å². The maximum Gasteiger partial charge on any atom is 0.306 e. The number of quaternary nitrogens is 1. The van der Waals surface area contributed by atoms with Crippen molar-refractivity contribution in [2.24, 2.45) is 0 Å². The van der Waals surface area contributed by atoms with E-state index < -0.39 is 32.5 Å². The smallest absolute Gasteiger partial charge is 0.306 e. The van der Waals surface area contributed by atoms with Crippen LogP contribution in [0.15, 0.2) is 85.1 Å². The molecule has 0 spiro atoms. The van der Waals surface area contributed by atoms with Gasteiger partial charge in [-0.3, -0.25) is 14.2 Å². The van der Waals surface area contributed by atoms with Crippen LogP contribution in [0.5, 0.6) is 0 Å². The lowest BCUT2D eigenvalue weighted by Gasteiger charge is -2.28. The third-order valence-corrected chi connectivity index (χ3v) is 11.4. The number of phosphoric acid groups is 1. The standard InChI is InChI=1S/C54H94NO8P/c1-6-8-10-12-14-16-18-20-22-24-25-26-27-28-29-31-33-35-37-39-41-43-45-47-54(57)63-52(51-62-64(58,59)61-49-48-55(3,4)5)50-60-53(56)46-44-42-40-38-36-34-32-30-23-21-19-17-15-13-11-9-7-2/h8,10,14,16,20-23,25-26,28-29,33,35,52H,6-7,9,11-13,15,17-19,24,27,30-32,34,36-51H2,1-5H3/b10-8-,16-14-,22-20-,23-21-,26-25-,29-28-,35-33-. The molecule has 0 rings (SSSR count). The molecule has 10 heteroatoms. The Bertz CT molecular complexity index is 1360. The summed E-state index contributed by atoms with van der Waals surface area (Å²) in [7, 11) is 1.13. The Balaban J connectivity index is 4.36. The molecule has 0 saturated heterocycles. The molecule has 0 heterocycles. The fraction of sp³-hybridized carbons (Fsp3) is 0.704. The van der Waals surface area contributed by atoms with Gasteiger partial charge in [0.2, 0.25) is 0 Å². The van der Waals surface area contributed by atoms with Crippen LogP contribution in [0.4, 0.5) is 0 Å². The van der Waals surface area contributed by atoms with E-state index in [0.29, 0.717) is 17.4 Å². The molecule has 64 heavy (non-hydrogen) atoms. The maximum absolute atomic E-state index is 12.7. The van der Waals surface area contributed by atoms with Crippen molar-refractivity contribution in [2.45, 2.75) is 200 Å². The quantitative estimate of drug-likeness (QED) is 0.0195. The molecule has 0 aromatic heterocycles. The lowest BCUT2D eigenvalue weighted by Crippen LogP contribution is -2.37. The number of hydrogen-bond acceptors (Lipinski definition) is 8. The number of carbonyl (C=O) groups excluding carboxylic acids is 2. The number of hydrogen-bond donors (Lipinski definition) is 0. The summed E-state index contributed by atoms with van der Waals surface area (Å²) in [6.45, 7) is 4.07. The van der Waals surface area contributed by atoms with Gasteiger partial charge in [0.05, 0.1) is 27.7 Å². The van der Waals surface area contributed by atoms with Crippen LogP contribution in [-0.4, -0.2) is 70.0 Å². The average Bonchev–Trinajstić information content (AvgIpc) is 3.25.